The first kappa shape index (κ1) is 19.2. The lowest BCUT2D eigenvalue weighted by atomic mass is 10.2. The summed E-state index contributed by atoms with van der Waals surface area (Å²) in [6.45, 7) is 1.29. The van der Waals surface area contributed by atoms with Crippen molar-refractivity contribution in [2.75, 3.05) is 5.32 Å². The van der Waals surface area contributed by atoms with E-state index >= 15 is 0 Å². The molecule has 0 unspecified atom stereocenters. The summed E-state index contributed by atoms with van der Waals surface area (Å²) in [6, 6.07) is 15.0. The minimum Gasteiger partial charge on any atom is -0.322 e. The number of hydrogen-bond acceptors (Lipinski definition) is 5. The number of thiazole rings is 1. The highest BCUT2D eigenvalue weighted by molar-refractivity contribution is 7.92. The fourth-order valence-corrected chi connectivity index (χ4v) is 4.50. The van der Waals surface area contributed by atoms with Crippen molar-refractivity contribution < 1.29 is 17.6 Å². The van der Waals surface area contributed by atoms with Crippen LogP contribution in [-0.2, 0) is 20.4 Å². The van der Waals surface area contributed by atoms with Crippen molar-refractivity contribution in [3.8, 4) is 10.6 Å². The van der Waals surface area contributed by atoms with Crippen LogP contribution >= 0.6 is 11.3 Å². The molecule has 3 rings (SSSR count). The molecule has 0 aliphatic heterocycles. The number of carbonyl (C=O) groups excluding carboxylic acids is 1. The fraction of sp³-hybridized carbons (Fsp3) is 0.158. The highest BCUT2D eigenvalue weighted by Crippen LogP contribution is 2.25. The van der Waals surface area contributed by atoms with Crippen LogP contribution in [0.5, 0.6) is 0 Å². The van der Waals surface area contributed by atoms with Gasteiger partial charge in [0.2, 0.25) is 5.91 Å². The van der Waals surface area contributed by atoms with Gasteiger partial charge in [0.1, 0.15) is 16.1 Å². The Morgan fingerprint density at radius 2 is 1.81 bits per heavy atom. The fourth-order valence-electron chi connectivity index (χ4n) is 2.38. The second kappa shape index (κ2) is 7.98. The average Bonchev–Trinajstić information content (AvgIpc) is 3.11. The quantitative estimate of drug-likeness (QED) is 0.676. The van der Waals surface area contributed by atoms with Crippen LogP contribution < -0.4 is 5.32 Å². The number of amides is 1. The Morgan fingerprint density at radius 3 is 2.52 bits per heavy atom. The number of carbonyl (C=O) groups is 1. The van der Waals surface area contributed by atoms with Crippen LogP contribution in [0.15, 0.2) is 60.0 Å². The maximum Gasteiger partial charge on any atom is 0.242 e. The normalized spacial score (nSPS) is 12.5. The van der Waals surface area contributed by atoms with E-state index in [2.05, 4.69) is 10.3 Å². The summed E-state index contributed by atoms with van der Waals surface area (Å²) in [5.41, 5.74) is 1.23. The van der Waals surface area contributed by atoms with Gasteiger partial charge in [-0.3, -0.25) is 4.79 Å². The maximum atomic E-state index is 13.6. The minimum absolute atomic E-state index is 0.0513. The summed E-state index contributed by atoms with van der Waals surface area (Å²) >= 11 is 1.34. The molecule has 1 aromatic heterocycles. The SMILES string of the molecule is C[C@@H](C(=O)Nc1ccccc1F)S(=O)(=O)Cc1csc(-c2ccccc2)n1. The van der Waals surface area contributed by atoms with E-state index in [-0.39, 0.29) is 11.4 Å². The van der Waals surface area contributed by atoms with Gasteiger partial charge in [0.25, 0.3) is 0 Å². The van der Waals surface area contributed by atoms with Crippen LogP contribution in [-0.4, -0.2) is 24.6 Å². The molecule has 1 heterocycles. The Morgan fingerprint density at radius 1 is 1.15 bits per heavy atom. The van der Waals surface area contributed by atoms with Gasteiger partial charge in [0.05, 0.1) is 17.1 Å². The summed E-state index contributed by atoms with van der Waals surface area (Å²) in [4.78, 5) is 16.6. The monoisotopic (exact) mass is 404 g/mol. The summed E-state index contributed by atoms with van der Waals surface area (Å²) in [5, 5.41) is 3.37. The van der Waals surface area contributed by atoms with Gasteiger partial charge in [-0.1, -0.05) is 42.5 Å². The zero-order chi connectivity index (χ0) is 19.4. The van der Waals surface area contributed by atoms with E-state index in [1.165, 1.54) is 36.5 Å². The lowest BCUT2D eigenvalue weighted by Crippen LogP contribution is -2.33. The molecule has 0 saturated carbocycles. The minimum atomic E-state index is -3.80. The van der Waals surface area contributed by atoms with Crippen LogP contribution in [0.1, 0.15) is 12.6 Å². The molecule has 0 bridgehead atoms. The van der Waals surface area contributed by atoms with Gasteiger partial charge < -0.3 is 5.32 Å². The predicted molar refractivity (Wildman–Crippen MR) is 105 cm³/mol. The Bertz CT molecular complexity index is 1050. The van der Waals surface area contributed by atoms with Gasteiger partial charge in [-0.15, -0.1) is 11.3 Å². The summed E-state index contributed by atoms with van der Waals surface area (Å²) in [7, 11) is -3.80. The third-order valence-electron chi connectivity index (χ3n) is 3.96. The van der Waals surface area contributed by atoms with Crippen molar-refractivity contribution >= 4 is 32.8 Å². The van der Waals surface area contributed by atoms with Crippen LogP contribution in [0.3, 0.4) is 0 Å². The molecule has 0 saturated heterocycles. The third-order valence-corrected chi connectivity index (χ3v) is 6.89. The Kier molecular flexibility index (Phi) is 5.67. The molecule has 5 nitrogen and oxygen atoms in total. The first-order valence-electron chi connectivity index (χ1n) is 8.13. The number of aromatic nitrogens is 1. The predicted octanol–water partition coefficient (Wildman–Crippen LogP) is 3.89. The molecular formula is C19H17FN2O3S2. The summed E-state index contributed by atoms with van der Waals surface area (Å²) < 4.78 is 38.8. The van der Waals surface area contributed by atoms with Gasteiger partial charge in [-0.2, -0.15) is 0 Å². The van der Waals surface area contributed by atoms with Crippen LogP contribution in [0, 0.1) is 5.82 Å². The number of anilines is 1. The molecule has 0 spiro atoms. The number of hydrogen-bond donors (Lipinski definition) is 1. The molecule has 1 atom stereocenters. The van der Waals surface area contributed by atoms with Gasteiger partial charge in [0.15, 0.2) is 9.84 Å². The molecule has 3 aromatic rings. The van der Waals surface area contributed by atoms with E-state index in [0.29, 0.717) is 10.7 Å². The Labute approximate surface area is 160 Å². The first-order chi connectivity index (χ1) is 12.9. The number of benzene rings is 2. The van der Waals surface area contributed by atoms with Crippen molar-refractivity contribution in [1.82, 2.24) is 4.98 Å². The number of halogens is 1. The number of para-hydroxylation sites is 1. The van der Waals surface area contributed by atoms with Crippen molar-refractivity contribution in [1.29, 1.82) is 0 Å². The topological polar surface area (TPSA) is 76.1 Å². The van der Waals surface area contributed by atoms with E-state index in [1.54, 1.807) is 11.4 Å². The number of nitrogens with zero attached hydrogens (tertiary/aromatic N) is 1. The Hall–Kier alpha value is -2.58. The molecule has 2 aromatic carbocycles. The summed E-state index contributed by atoms with van der Waals surface area (Å²) in [5.74, 6) is -1.76. The smallest absolute Gasteiger partial charge is 0.242 e. The largest absolute Gasteiger partial charge is 0.322 e. The molecule has 1 amide bonds. The number of nitrogens with one attached hydrogen (secondary N) is 1. The third kappa shape index (κ3) is 4.58. The molecule has 27 heavy (non-hydrogen) atoms. The number of rotatable bonds is 6. The van der Waals surface area contributed by atoms with E-state index in [9.17, 15) is 17.6 Å². The van der Waals surface area contributed by atoms with Crippen molar-refractivity contribution in [2.24, 2.45) is 0 Å². The summed E-state index contributed by atoms with van der Waals surface area (Å²) in [6.07, 6.45) is 0. The molecule has 0 radical (unpaired) electrons. The van der Waals surface area contributed by atoms with E-state index in [1.807, 2.05) is 30.3 Å². The van der Waals surface area contributed by atoms with E-state index in [0.717, 1.165) is 5.56 Å². The standard InChI is InChI=1S/C19H17FN2O3S2/c1-13(18(23)22-17-10-6-5-9-16(17)20)27(24,25)12-15-11-26-19(21-15)14-7-3-2-4-8-14/h2-11,13H,12H2,1H3,(H,22,23)/t13-/m0/s1. The zero-order valence-corrected chi connectivity index (χ0v) is 16.1. The first-order valence-corrected chi connectivity index (χ1v) is 10.7. The van der Waals surface area contributed by atoms with E-state index < -0.39 is 26.8 Å². The van der Waals surface area contributed by atoms with Crippen molar-refractivity contribution in [3.63, 3.8) is 0 Å². The van der Waals surface area contributed by atoms with Gasteiger partial charge >= 0.3 is 0 Å². The highest BCUT2D eigenvalue weighted by Gasteiger charge is 2.29. The Balaban J connectivity index is 1.71. The van der Waals surface area contributed by atoms with E-state index in [4.69, 9.17) is 0 Å². The molecule has 8 heteroatoms. The van der Waals surface area contributed by atoms with Crippen LogP contribution in [0.4, 0.5) is 10.1 Å². The second-order valence-corrected chi connectivity index (χ2v) is 9.11. The van der Waals surface area contributed by atoms with Gasteiger partial charge in [-0.05, 0) is 19.1 Å². The average molecular weight is 404 g/mol. The van der Waals surface area contributed by atoms with Gasteiger partial charge in [0, 0.05) is 10.9 Å². The van der Waals surface area contributed by atoms with Gasteiger partial charge in [-0.25, -0.2) is 17.8 Å². The molecule has 140 valence electrons. The number of sulfone groups is 1. The zero-order valence-electron chi connectivity index (χ0n) is 14.4. The molecule has 0 fully saturated rings. The van der Waals surface area contributed by atoms with Crippen molar-refractivity contribution in [2.45, 2.75) is 17.9 Å². The van der Waals surface area contributed by atoms with Crippen LogP contribution in [0.2, 0.25) is 0 Å². The maximum absolute atomic E-state index is 13.6. The van der Waals surface area contributed by atoms with Crippen LogP contribution in [0.25, 0.3) is 10.6 Å². The molecule has 0 aliphatic carbocycles. The second-order valence-electron chi connectivity index (χ2n) is 5.93. The lowest BCUT2D eigenvalue weighted by Gasteiger charge is -2.13. The molecule has 0 aliphatic rings. The highest BCUT2D eigenvalue weighted by atomic mass is 32.2. The van der Waals surface area contributed by atoms with Crippen molar-refractivity contribution in [3.05, 3.63) is 71.5 Å². The lowest BCUT2D eigenvalue weighted by molar-refractivity contribution is -0.115. The molecular weight excluding hydrogens is 387 g/mol. The molecule has 1 N–H and O–H groups in total.